The average Bonchev–Trinajstić information content (AvgIpc) is 3.58. The lowest BCUT2D eigenvalue weighted by atomic mass is 9.80. The Labute approximate surface area is 206 Å². The molecule has 3 aliphatic carbocycles. The van der Waals surface area contributed by atoms with E-state index in [0.29, 0.717) is 17.6 Å². The van der Waals surface area contributed by atoms with Gasteiger partial charge in [-0.25, -0.2) is 4.79 Å². The van der Waals surface area contributed by atoms with Gasteiger partial charge in [0.05, 0.1) is 12.0 Å². The van der Waals surface area contributed by atoms with Gasteiger partial charge in [-0.1, -0.05) is 33.8 Å². The summed E-state index contributed by atoms with van der Waals surface area (Å²) < 4.78 is 17.7. The van der Waals surface area contributed by atoms with E-state index in [2.05, 4.69) is 0 Å². The van der Waals surface area contributed by atoms with Crippen LogP contribution >= 0.6 is 0 Å². The van der Waals surface area contributed by atoms with E-state index in [0.717, 1.165) is 0 Å². The molecule has 0 radical (unpaired) electrons. The second kappa shape index (κ2) is 8.25. The highest BCUT2D eigenvalue weighted by molar-refractivity contribution is 5.96. The molecular weight excluding hydrogens is 452 g/mol. The molecule has 0 aromatic carbocycles. The number of esters is 2. The molecule has 1 heterocycles. The summed E-state index contributed by atoms with van der Waals surface area (Å²) in [6.07, 6.45) is -0.241. The Kier molecular flexibility index (Phi) is 6.14. The molecule has 8 heteroatoms. The number of ketones is 1. The SMILES string of the molecule is C/C=C(\C)C(=O)O[C@H]1[C@H]2[C@@H]([C@@H](OC(C)=O)[C@@H](C)C(=O)[C@@]34C[C@H](C)[C@H](O)[C@]3(/C=C(\C)[C@H]1O)O4)C2(C)C. The molecule has 4 aliphatic rings. The molecule has 2 N–H and O–H groups in total. The predicted molar refractivity (Wildman–Crippen MR) is 126 cm³/mol. The van der Waals surface area contributed by atoms with E-state index in [1.54, 1.807) is 39.8 Å². The summed E-state index contributed by atoms with van der Waals surface area (Å²) in [4.78, 5) is 38.9. The molecular formula is C27H38O8. The molecule has 0 aromatic heterocycles. The van der Waals surface area contributed by atoms with Crippen molar-refractivity contribution in [3.05, 3.63) is 23.3 Å². The Hall–Kier alpha value is -2.03. The van der Waals surface area contributed by atoms with E-state index in [1.165, 1.54) is 6.92 Å². The van der Waals surface area contributed by atoms with Crippen molar-refractivity contribution in [2.24, 2.45) is 29.1 Å². The average molecular weight is 491 g/mol. The van der Waals surface area contributed by atoms with Gasteiger partial charge in [0.15, 0.2) is 17.0 Å². The topological polar surface area (TPSA) is 123 Å². The predicted octanol–water partition coefficient (Wildman–Crippen LogP) is 2.50. The molecule has 3 fully saturated rings. The Morgan fingerprint density at radius 1 is 1.11 bits per heavy atom. The van der Waals surface area contributed by atoms with Gasteiger partial charge in [0.1, 0.15) is 18.3 Å². The summed E-state index contributed by atoms with van der Waals surface area (Å²) in [6.45, 7) is 13.9. The molecule has 2 saturated carbocycles. The lowest BCUT2D eigenvalue weighted by Crippen LogP contribution is -2.43. The fourth-order valence-electron chi connectivity index (χ4n) is 6.85. The molecule has 1 aliphatic heterocycles. The number of epoxide rings is 1. The standard InChI is InChI=1S/C27H38O8/c1-9-12(2)24(32)34-21-18-17(25(18,7)8)20(33-16(6)28)15(5)23(31)27-11-14(4)22(30)26(27,35-27)10-13(3)19(21)29/h9-10,14-15,17-22,29-30H,11H2,1-8H3/b12-9+,13-10+/t14-,15+,17-,18+,19+,20-,21-,22-,26-,27-/m0/s1. The van der Waals surface area contributed by atoms with Gasteiger partial charge in [0.2, 0.25) is 0 Å². The molecule has 35 heavy (non-hydrogen) atoms. The smallest absolute Gasteiger partial charge is 0.333 e. The highest BCUT2D eigenvalue weighted by Crippen LogP contribution is 2.68. The molecule has 0 aromatic rings. The number of carbonyl (C=O) groups is 3. The van der Waals surface area contributed by atoms with E-state index in [4.69, 9.17) is 14.2 Å². The number of rotatable bonds is 3. The minimum Gasteiger partial charge on any atom is -0.461 e. The van der Waals surface area contributed by atoms with E-state index >= 15 is 0 Å². The van der Waals surface area contributed by atoms with Crippen LogP contribution in [0.15, 0.2) is 23.3 Å². The number of ether oxygens (including phenoxy) is 3. The minimum absolute atomic E-state index is 0.202. The summed E-state index contributed by atoms with van der Waals surface area (Å²) in [6, 6.07) is 0. The van der Waals surface area contributed by atoms with Crippen LogP contribution in [0, 0.1) is 29.1 Å². The van der Waals surface area contributed by atoms with Crippen molar-refractivity contribution in [1.82, 2.24) is 0 Å². The van der Waals surface area contributed by atoms with Gasteiger partial charge >= 0.3 is 11.9 Å². The maximum absolute atomic E-state index is 13.9. The van der Waals surface area contributed by atoms with Gasteiger partial charge in [0.25, 0.3) is 0 Å². The van der Waals surface area contributed by atoms with Crippen LogP contribution in [0.2, 0.25) is 0 Å². The van der Waals surface area contributed by atoms with Crippen LogP contribution in [-0.2, 0) is 28.6 Å². The van der Waals surface area contributed by atoms with Crippen LogP contribution in [0.25, 0.3) is 0 Å². The van der Waals surface area contributed by atoms with Crippen molar-refractivity contribution < 1.29 is 38.8 Å². The number of hydrogen-bond acceptors (Lipinski definition) is 8. The fraction of sp³-hybridized carbons (Fsp3) is 0.741. The molecule has 0 amide bonds. The van der Waals surface area contributed by atoms with Crippen LogP contribution in [0.3, 0.4) is 0 Å². The Bertz CT molecular complexity index is 1010. The van der Waals surface area contributed by atoms with Crippen molar-refractivity contribution in [1.29, 1.82) is 0 Å². The third kappa shape index (κ3) is 3.63. The fourth-order valence-corrected chi connectivity index (χ4v) is 6.85. The van der Waals surface area contributed by atoms with Gasteiger partial charge in [-0.05, 0) is 50.2 Å². The highest BCUT2D eigenvalue weighted by atomic mass is 16.7. The molecule has 8 nitrogen and oxygen atoms in total. The molecule has 0 bridgehead atoms. The van der Waals surface area contributed by atoms with E-state index in [9.17, 15) is 24.6 Å². The third-order valence-electron chi connectivity index (χ3n) is 9.05. The lowest BCUT2D eigenvalue weighted by molar-refractivity contribution is -0.157. The highest BCUT2D eigenvalue weighted by Gasteiger charge is 2.82. The van der Waals surface area contributed by atoms with Gasteiger partial charge in [0, 0.05) is 24.3 Å². The van der Waals surface area contributed by atoms with E-state index in [-0.39, 0.29) is 23.5 Å². The first-order chi connectivity index (χ1) is 16.2. The van der Waals surface area contributed by atoms with Crippen molar-refractivity contribution in [3.8, 4) is 0 Å². The number of Topliss-reactive ketones (excluding diaryl/α,β-unsaturated/α-hetero) is 1. The van der Waals surface area contributed by atoms with Crippen molar-refractivity contribution in [3.63, 3.8) is 0 Å². The first kappa shape index (κ1) is 26.0. The normalized spacial score (nSPS) is 47.8. The molecule has 0 unspecified atom stereocenters. The zero-order chi connectivity index (χ0) is 26.2. The van der Waals surface area contributed by atoms with Crippen molar-refractivity contribution >= 4 is 17.7 Å². The van der Waals surface area contributed by atoms with Crippen molar-refractivity contribution in [2.45, 2.75) is 97.4 Å². The Morgan fingerprint density at radius 3 is 2.29 bits per heavy atom. The largest absolute Gasteiger partial charge is 0.461 e. The third-order valence-corrected chi connectivity index (χ3v) is 9.05. The molecule has 4 rings (SSSR count). The molecule has 194 valence electrons. The van der Waals surface area contributed by atoms with E-state index < -0.39 is 58.9 Å². The van der Waals surface area contributed by atoms with Crippen LogP contribution in [-0.4, -0.2) is 63.6 Å². The lowest BCUT2D eigenvalue weighted by Gasteiger charge is -2.28. The molecule has 1 saturated heterocycles. The monoisotopic (exact) mass is 490 g/mol. The quantitative estimate of drug-likeness (QED) is 0.268. The van der Waals surface area contributed by atoms with Crippen LogP contribution in [0.4, 0.5) is 0 Å². The van der Waals surface area contributed by atoms with Crippen LogP contribution in [0.5, 0.6) is 0 Å². The zero-order valence-electron chi connectivity index (χ0n) is 21.8. The minimum atomic E-state index is -1.26. The van der Waals surface area contributed by atoms with Gasteiger partial charge in [-0.2, -0.15) is 0 Å². The first-order valence-corrected chi connectivity index (χ1v) is 12.5. The van der Waals surface area contributed by atoms with Crippen LogP contribution in [0.1, 0.15) is 61.8 Å². The zero-order valence-corrected chi connectivity index (χ0v) is 21.8. The number of aliphatic hydroxyl groups excluding tert-OH is 2. The summed E-state index contributed by atoms with van der Waals surface area (Å²) in [5.74, 6) is -2.88. The molecule has 0 spiro atoms. The number of aliphatic hydroxyl groups is 2. The Balaban J connectivity index is 1.85. The van der Waals surface area contributed by atoms with Gasteiger partial charge < -0.3 is 24.4 Å². The molecule has 10 atom stereocenters. The summed E-state index contributed by atoms with van der Waals surface area (Å²) in [5.41, 5.74) is -2.11. The maximum Gasteiger partial charge on any atom is 0.333 e. The summed E-state index contributed by atoms with van der Waals surface area (Å²) >= 11 is 0. The Morgan fingerprint density at radius 2 is 1.71 bits per heavy atom. The summed E-state index contributed by atoms with van der Waals surface area (Å²) in [5, 5.41) is 22.5. The van der Waals surface area contributed by atoms with E-state index in [1.807, 2.05) is 20.8 Å². The van der Waals surface area contributed by atoms with Gasteiger partial charge in [-0.15, -0.1) is 0 Å². The summed E-state index contributed by atoms with van der Waals surface area (Å²) in [7, 11) is 0. The van der Waals surface area contributed by atoms with Gasteiger partial charge in [-0.3, -0.25) is 9.59 Å². The van der Waals surface area contributed by atoms with Crippen LogP contribution < -0.4 is 0 Å². The number of fused-ring (bicyclic) bond motifs is 1. The number of carbonyl (C=O) groups excluding carboxylic acids is 3. The second-order valence-electron chi connectivity index (χ2n) is 11.6. The first-order valence-electron chi connectivity index (χ1n) is 12.5. The number of hydrogen-bond donors (Lipinski definition) is 2. The second-order valence-corrected chi connectivity index (χ2v) is 11.6. The maximum atomic E-state index is 13.9. The number of allylic oxidation sites excluding steroid dienone is 1. The van der Waals surface area contributed by atoms with Crippen molar-refractivity contribution in [2.75, 3.05) is 0 Å².